The van der Waals surface area contributed by atoms with Crippen LogP contribution in [0.4, 0.5) is 0 Å². The molecular formula is C11H21N3. The number of aryl methyl sites for hydroxylation is 1. The molecular weight excluding hydrogens is 174 g/mol. The van der Waals surface area contributed by atoms with Crippen LogP contribution in [0, 0.1) is 0 Å². The number of nitrogens with zero attached hydrogens (tertiary/aromatic N) is 2. The van der Waals surface area contributed by atoms with E-state index in [1.807, 2.05) is 17.9 Å². The molecule has 1 heterocycles. The average molecular weight is 195 g/mol. The van der Waals surface area contributed by atoms with Crippen molar-refractivity contribution in [3.05, 3.63) is 18.0 Å². The van der Waals surface area contributed by atoms with Crippen molar-refractivity contribution in [3.63, 3.8) is 0 Å². The monoisotopic (exact) mass is 195 g/mol. The molecule has 0 aliphatic carbocycles. The zero-order valence-corrected chi connectivity index (χ0v) is 9.67. The van der Waals surface area contributed by atoms with Gasteiger partial charge in [0, 0.05) is 12.7 Å². The van der Waals surface area contributed by atoms with Crippen LogP contribution in [0.1, 0.15) is 32.8 Å². The molecule has 1 aromatic heterocycles. The molecule has 1 rings (SSSR count). The Morgan fingerprint density at radius 1 is 1.50 bits per heavy atom. The van der Waals surface area contributed by atoms with Gasteiger partial charge in [-0.1, -0.05) is 13.8 Å². The Morgan fingerprint density at radius 3 is 2.71 bits per heavy atom. The van der Waals surface area contributed by atoms with E-state index in [9.17, 15) is 0 Å². The van der Waals surface area contributed by atoms with Gasteiger partial charge in [-0.15, -0.1) is 0 Å². The van der Waals surface area contributed by atoms with Gasteiger partial charge < -0.3 is 5.32 Å². The molecule has 0 aliphatic heterocycles. The summed E-state index contributed by atoms with van der Waals surface area (Å²) in [7, 11) is 1.99. The molecule has 3 heteroatoms. The smallest absolute Gasteiger partial charge is 0.0527 e. The zero-order valence-electron chi connectivity index (χ0n) is 9.67. The SMILES string of the molecule is CCn1cc(C(C)(C)CCNC)cn1. The Kier molecular flexibility index (Phi) is 3.69. The van der Waals surface area contributed by atoms with Crippen molar-refractivity contribution in [3.8, 4) is 0 Å². The standard InChI is InChI=1S/C11H21N3/c1-5-14-9-10(8-13-14)11(2,3)6-7-12-4/h8-9,12H,5-7H2,1-4H3. The van der Waals surface area contributed by atoms with Gasteiger partial charge in [0.15, 0.2) is 0 Å². The highest BCUT2D eigenvalue weighted by molar-refractivity contribution is 5.16. The molecule has 0 atom stereocenters. The summed E-state index contributed by atoms with van der Waals surface area (Å²) < 4.78 is 1.98. The van der Waals surface area contributed by atoms with Crippen LogP contribution < -0.4 is 5.32 Å². The maximum absolute atomic E-state index is 4.31. The quantitative estimate of drug-likeness (QED) is 0.776. The van der Waals surface area contributed by atoms with Crippen molar-refractivity contribution in [2.24, 2.45) is 0 Å². The average Bonchev–Trinajstić information content (AvgIpc) is 2.63. The lowest BCUT2D eigenvalue weighted by Gasteiger charge is -2.22. The summed E-state index contributed by atoms with van der Waals surface area (Å²) in [4.78, 5) is 0. The summed E-state index contributed by atoms with van der Waals surface area (Å²) in [5.74, 6) is 0. The summed E-state index contributed by atoms with van der Waals surface area (Å²) in [6.07, 6.45) is 5.27. The van der Waals surface area contributed by atoms with Crippen LogP contribution in [-0.2, 0) is 12.0 Å². The third-order valence-corrected chi connectivity index (χ3v) is 2.74. The second kappa shape index (κ2) is 4.60. The number of rotatable bonds is 5. The van der Waals surface area contributed by atoms with Crippen LogP contribution in [-0.4, -0.2) is 23.4 Å². The molecule has 1 N–H and O–H groups in total. The van der Waals surface area contributed by atoms with E-state index in [1.54, 1.807) is 0 Å². The molecule has 0 aromatic carbocycles. The van der Waals surface area contributed by atoms with Crippen molar-refractivity contribution in [1.82, 2.24) is 15.1 Å². The molecule has 0 spiro atoms. The second-order valence-corrected chi connectivity index (χ2v) is 4.32. The molecule has 0 saturated heterocycles. The third-order valence-electron chi connectivity index (χ3n) is 2.74. The van der Waals surface area contributed by atoms with Crippen LogP contribution in [0.2, 0.25) is 0 Å². The Morgan fingerprint density at radius 2 is 2.21 bits per heavy atom. The lowest BCUT2D eigenvalue weighted by atomic mass is 9.83. The topological polar surface area (TPSA) is 29.9 Å². The number of hydrogen-bond acceptors (Lipinski definition) is 2. The molecule has 0 fully saturated rings. The first-order valence-corrected chi connectivity index (χ1v) is 5.27. The van der Waals surface area contributed by atoms with Crippen molar-refractivity contribution >= 4 is 0 Å². The van der Waals surface area contributed by atoms with Gasteiger partial charge in [-0.3, -0.25) is 4.68 Å². The summed E-state index contributed by atoms with van der Waals surface area (Å²) in [5.41, 5.74) is 1.55. The zero-order chi connectivity index (χ0) is 10.6. The van der Waals surface area contributed by atoms with E-state index in [-0.39, 0.29) is 5.41 Å². The summed E-state index contributed by atoms with van der Waals surface area (Å²) in [6.45, 7) is 8.63. The largest absolute Gasteiger partial charge is 0.320 e. The Labute approximate surface area is 86.5 Å². The van der Waals surface area contributed by atoms with Crippen LogP contribution in [0.15, 0.2) is 12.4 Å². The fourth-order valence-corrected chi connectivity index (χ4v) is 1.47. The summed E-state index contributed by atoms with van der Waals surface area (Å²) >= 11 is 0. The molecule has 3 nitrogen and oxygen atoms in total. The summed E-state index contributed by atoms with van der Waals surface area (Å²) in [6, 6.07) is 0. The van der Waals surface area contributed by atoms with Gasteiger partial charge in [0.1, 0.15) is 0 Å². The lowest BCUT2D eigenvalue weighted by Crippen LogP contribution is -2.23. The predicted molar refractivity (Wildman–Crippen MR) is 59.5 cm³/mol. The molecule has 80 valence electrons. The van der Waals surface area contributed by atoms with E-state index in [1.165, 1.54) is 5.56 Å². The minimum Gasteiger partial charge on any atom is -0.320 e. The van der Waals surface area contributed by atoms with Gasteiger partial charge in [-0.05, 0) is 37.9 Å². The van der Waals surface area contributed by atoms with Crippen LogP contribution in [0.5, 0.6) is 0 Å². The molecule has 0 unspecified atom stereocenters. The molecule has 14 heavy (non-hydrogen) atoms. The van der Waals surface area contributed by atoms with Gasteiger partial charge in [0.2, 0.25) is 0 Å². The number of nitrogens with one attached hydrogen (secondary N) is 1. The second-order valence-electron chi connectivity index (χ2n) is 4.32. The van der Waals surface area contributed by atoms with Gasteiger partial charge in [0.25, 0.3) is 0 Å². The molecule has 0 amide bonds. The highest BCUT2D eigenvalue weighted by Gasteiger charge is 2.21. The normalized spacial score (nSPS) is 12.0. The van der Waals surface area contributed by atoms with Gasteiger partial charge >= 0.3 is 0 Å². The Hall–Kier alpha value is -0.830. The van der Waals surface area contributed by atoms with E-state index in [4.69, 9.17) is 0 Å². The first-order chi connectivity index (χ1) is 6.60. The molecule has 1 aromatic rings. The van der Waals surface area contributed by atoms with Crippen molar-refractivity contribution in [1.29, 1.82) is 0 Å². The van der Waals surface area contributed by atoms with Crippen molar-refractivity contribution < 1.29 is 0 Å². The van der Waals surface area contributed by atoms with Crippen LogP contribution >= 0.6 is 0 Å². The van der Waals surface area contributed by atoms with E-state index in [0.717, 1.165) is 19.5 Å². The van der Waals surface area contributed by atoms with Crippen molar-refractivity contribution in [2.75, 3.05) is 13.6 Å². The van der Waals surface area contributed by atoms with Gasteiger partial charge in [-0.2, -0.15) is 5.10 Å². The minimum absolute atomic E-state index is 0.219. The Bertz CT molecular complexity index is 276. The first-order valence-electron chi connectivity index (χ1n) is 5.27. The fourth-order valence-electron chi connectivity index (χ4n) is 1.47. The summed E-state index contributed by atoms with van der Waals surface area (Å²) in [5, 5.41) is 7.49. The van der Waals surface area contributed by atoms with Crippen LogP contribution in [0.25, 0.3) is 0 Å². The van der Waals surface area contributed by atoms with E-state index in [0.29, 0.717) is 0 Å². The minimum atomic E-state index is 0.219. The highest BCUT2D eigenvalue weighted by atomic mass is 15.3. The molecule has 0 saturated carbocycles. The maximum Gasteiger partial charge on any atom is 0.0527 e. The van der Waals surface area contributed by atoms with E-state index in [2.05, 4.69) is 37.4 Å². The maximum atomic E-state index is 4.31. The molecule has 0 aliphatic rings. The van der Waals surface area contributed by atoms with E-state index >= 15 is 0 Å². The molecule has 0 radical (unpaired) electrons. The van der Waals surface area contributed by atoms with E-state index < -0.39 is 0 Å². The Balaban J connectivity index is 2.70. The lowest BCUT2D eigenvalue weighted by molar-refractivity contribution is 0.468. The highest BCUT2D eigenvalue weighted by Crippen LogP contribution is 2.25. The molecule has 0 bridgehead atoms. The van der Waals surface area contributed by atoms with Crippen molar-refractivity contribution in [2.45, 2.75) is 39.2 Å². The predicted octanol–water partition coefficient (Wildman–Crippen LogP) is 1.79. The number of hydrogen-bond donors (Lipinski definition) is 1. The first kappa shape index (κ1) is 11.2. The third kappa shape index (κ3) is 2.58. The van der Waals surface area contributed by atoms with Gasteiger partial charge in [-0.25, -0.2) is 0 Å². The van der Waals surface area contributed by atoms with Gasteiger partial charge in [0.05, 0.1) is 6.20 Å². The fraction of sp³-hybridized carbons (Fsp3) is 0.727. The number of aromatic nitrogens is 2. The van der Waals surface area contributed by atoms with Crippen LogP contribution in [0.3, 0.4) is 0 Å².